The fourth-order valence-electron chi connectivity index (χ4n) is 3.42. The van der Waals surface area contributed by atoms with E-state index in [1.165, 1.54) is 12.8 Å². The van der Waals surface area contributed by atoms with Crippen molar-refractivity contribution in [2.45, 2.75) is 31.8 Å². The van der Waals surface area contributed by atoms with Gasteiger partial charge in [-0.1, -0.05) is 12.1 Å². The molecule has 0 bridgehead atoms. The normalized spacial score (nSPS) is 16.0. The molecule has 1 aromatic carbocycles. The predicted octanol–water partition coefficient (Wildman–Crippen LogP) is 2.12. The maximum absolute atomic E-state index is 12.8. The topological polar surface area (TPSA) is 86.3 Å². The zero-order valence-corrected chi connectivity index (χ0v) is 15.5. The van der Waals surface area contributed by atoms with E-state index in [1.54, 1.807) is 36.7 Å². The van der Waals surface area contributed by atoms with Gasteiger partial charge in [-0.25, -0.2) is 0 Å². The number of piperidine rings is 1. The average molecular weight is 368 g/mol. The second-order valence-electron chi connectivity index (χ2n) is 7.03. The molecule has 6 heteroatoms. The molecule has 6 nitrogen and oxygen atoms in total. The predicted molar refractivity (Wildman–Crippen MR) is 105 cm³/mol. The molecule has 0 spiro atoms. The molecule has 1 atom stereocenters. The minimum absolute atomic E-state index is 0.0668. The molecule has 1 aliphatic heterocycles. The molecule has 0 saturated carbocycles. The van der Waals surface area contributed by atoms with Gasteiger partial charge in [0, 0.05) is 18.9 Å². The smallest absolute Gasteiger partial charge is 0.242 e. The lowest BCUT2D eigenvalue weighted by atomic mass is 9.94. The first kappa shape index (κ1) is 19.3. The Morgan fingerprint density at radius 2 is 1.85 bits per heavy atom. The second kappa shape index (κ2) is 10.0. The van der Waals surface area contributed by atoms with Gasteiger partial charge in [0.1, 0.15) is 11.8 Å². The van der Waals surface area contributed by atoms with Crippen LogP contribution in [0.15, 0.2) is 48.8 Å². The molecule has 144 valence electrons. The molecule has 2 aromatic rings. The van der Waals surface area contributed by atoms with E-state index < -0.39 is 6.04 Å². The van der Waals surface area contributed by atoms with E-state index >= 15 is 0 Å². The van der Waals surface area contributed by atoms with Crippen molar-refractivity contribution in [3.8, 4) is 5.75 Å². The fourth-order valence-corrected chi connectivity index (χ4v) is 3.42. The number of phenols is 1. The highest BCUT2D eigenvalue weighted by molar-refractivity contribution is 5.83. The summed E-state index contributed by atoms with van der Waals surface area (Å²) in [5.74, 6) is 0.839. The highest BCUT2D eigenvalue weighted by atomic mass is 16.3. The minimum atomic E-state index is -0.436. The van der Waals surface area contributed by atoms with Crippen molar-refractivity contribution in [1.29, 1.82) is 0 Å². The summed E-state index contributed by atoms with van der Waals surface area (Å²) in [5.41, 5.74) is 1.86. The molecule has 27 heavy (non-hydrogen) atoms. The van der Waals surface area contributed by atoms with E-state index in [-0.39, 0.29) is 11.7 Å². The third kappa shape index (κ3) is 6.05. The Morgan fingerprint density at radius 1 is 1.15 bits per heavy atom. The quantitative estimate of drug-likeness (QED) is 0.573. The number of hydrogen-bond donors (Lipinski definition) is 4. The van der Waals surface area contributed by atoms with Crippen LogP contribution in [-0.4, -0.2) is 35.6 Å². The third-order valence-electron chi connectivity index (χ3n) is 5.06. The molecule has 1 amide bonds. The number of amides is 1. The second-order valence-corrected chi connectivity index (χ2v) is 7.03. The molecule has 3 rings (SSSR count). The van der Waals surface area contributed by atoms with Gasteiger partial charge in [0.15, 0.2) is 0 Å². The number of rotatable bonds is 8. The van der Waals surface area contributed by atoms with Gasteiger partial charge >= 0.3 is 0 Å². The van der Waals surface area contributed by atoms with Crippen molar-refractivity contribution in [3.05, 3.63) is 59.9 Å². The summed E-state index contributed by atoms with van der Waals surface area (Å²) in [5, 5.41) is 19.3. The molecule has 1 unspecified atom stereocenters. The van der Waals surface area contributed by atoms with E-state index in [2.05, 4.69) is 20.9 Å². The van der Waals surface area contributed by atoms with Gasteiger partial charge in [-0.2, -0.15) is 0 Å². The lowest BCUT2D eigenvalue weighted by molar-refractivity contribution is -0.123. The minimum Gasteiger partial charge on any atom is -0.508 e. The van der Waals surface area contributed by atoms with Crippen LogP contribution in [-0.2, 0) is 11.3 Å². The Kier molecular flexibility index (Phi) is 7.19. The highest BCUT2D eigenvalue weighted by Gasteiger charge is 2.21. The number of hydrogen-bond acceptors (Lipinski definition) is 5. The first-order valence-electron chi connectivity index (χ1n) is 9.62. The number of benzene rings is 1. The molecule has 0 radical (unpaired) electrons. The maximum Gasteiger partial charge on any atom is 0.242 e. The number of aromatic hydroxyl groups is 1. The SMILES string of the molecule is O=C(NCc1ccncc1)C(NCCC1CCNCC1)c1ccc(O)cc1. The van der Waals surface area contributed by atoms with Gasteiger partial charge in [0.25, 0.3) is 0 Å². The van der Waals surface area contributed by atoms with Crippen LogP contribution in [0.4, 0.5) is 0 Å². The Hall–Kier alpha value is -2.44. The molecule has 4 N–H and O–H groups in total. The number of pyridine rings is 1. The lowest BCUT2D eigenvalue weighted by Crippen LogP contribution is -2.38. The Morgan fingerprint density at radius 3 is 2.56 bits per heavy atom. The van der Waals surface area contributed by atoms with Gasteiger partial charge in [-0.3, -0.25) is 9.78 Å². The largest absolute Gasteiger partial charge is 0.508 e. The number of aromatic nitrogens is 1. The lowest BCUT2D eigenvalue weighted by Gasteiger charge is -2.24. The molecule has 0 aliphatic carbocycles. The number of nitrogens with zero attached hydrogens (tertiary/aromatic N) is 1. The van der Waals surface area contributed by atoms with Crippen LogP contribution in [0.25, 0.3) is 0 Å². The van der Waals surface area contributed by atoms with Crippen LogP contribution in [0.3, 0.4) is 0 Å². The van der Waals surface area contributed by atoms with Crippen LogP contribution < -0.4 is 16.0 Å². The van der Waals surface area contributed by atoms with Crippen molar-refractivity contribution in [2.24, 2.45) is 5.92 Å². The van der Waals surface area contributed by atoms with Gasteiger partial charge < -0.3 is 21.1 Å². The van der Waals surface area contributed by atoms with Crippen molar-refractivity contribution >= 4 is 5.91 Å². The molecule has 1 aliphatic rings. The summed E-state index contributed by atoms with van der Waals surface area (Å²) in [6.07, 6.45) is 6.89. The van der Waals surface area contributed by atoms with E-state index in [0.29, 0.717) is 12.5 Å². The first-order chi connectivity index (χ1) is 13.2. The van der Waals surface area contributed by atoms with Crippen LogP contribution in [0.1, 0.15) is 36.4 Å². The van der Waals surface area contributed by atoms with E-state index in [1.807, 2.05) is 12.1 Å². The zero-order valence-electron chi connectivity index (χ0n) is 15.5. The van der Waals surface area contributed by atoms with Crippen molar-refractivity contribution < 1.29 is 9.90 Å². The molecule has 1 aromatic heterocycles. The van der Waals surface area contributed by atoms with Gasteiger partial charge in [0.2, 0.25) is 5.91 Å². The summed E-state index contributed by atoms with van der Waals surface area (Å²) >= 11 is 0. The van der Waals surface area contributed by atoms with Crippen molar-refractivity contribution in [3.63, 3.8) is 0 Å². The van der Waals surface area contributed by atoms with E-state index in [0.717, 1.165) is 37.2 Å². The average Bonchev–Trinajstić information content (AvgIpc) is 2.72. The van der Waals surface area contributed by atoms with Crippen LogP contribution >= 0.6 is 0 Å². The number of nitrogens with one attached hydrogen (secondary N) is 3. The number of carbonyl (C=O) groups excluding carboxylic acids is 1. The fraction of sp³-hybridized carbons (Fsp3) is 0.429. The first-order valence-corrected chi connectivity index (χ1v) is 9.62. The monoisotopic (exact) mass is 368 g/mol. The number of phenolic OH excluding ortho intramolecular Hbond substituents is 1. The van der Waals surface area contributed by atoms with Crippen LogP contribution in [0.2, 0.25) is 0 Å². The molecule has 1 fully saturated rings. The number of carbonyl (C=O) groups is 1. The maximum atomic E-state index is 12.8. The summed E-state index contributed by atoms with van der Waals surface area (Å²) < 4.78 is 0. The summed E-state index contributed by atoms with van der Waals surface area (Å²) in [4.78, 5) is 16.8. The Balaban J connectivity index is 1.59. The van der Waals surface area contributed by atoms with Gasteiger partial charge in [0.05, 0.1) is 0 Å². The highest BCUT2D eigenvalue weighted by Crippen LogP contribution is 2.19. The Labute approximate surface area is 160 Å². The molecule has 2 heterocycles. The van der Waals surface area contributed by atoms with Crippen LogP contribution in [0, 0.1) is 5.92 Å². The zero-order chi connectivity index (χ0) is 18.9. The van der Waals surface area contributed by atoms with Gasteiger partial charge in [-0.05, 0) is 80.2 Å². The van der Waals surface area contributed by atoms with E-state index in [4.69, 9.17) is 0 Å². The molecular weight excluding hydrogens is 340 g/mol. The van der Waals surface area contributed by atoms with Crippen molar-refractivity contribution in [1.82, 2.24) is 20.9 Å². The molecular formula is C21H28N4O2. The Bertz CT molecular complexity index is 700. The summed E-state index contributed by atoms with van der Waals surface area (Å²) in [6, 6.07) is 10.2. The van der Waals surface area contributed by atoms with Gasteiger partial charge in [-0.15, -0.1) is 0 Å². The van der Waals surface area contributed by atoms with Crippen molar-refractivity contribution in [2.75, 3.05) is 19.6 Å². The van der Waals surface area contributed by atoms with E-state index in [9.17, 15) is 9.90 Å². The standard InChI is InChI=1S/C21H28N4O2/c26-19-3-1-18(2-4-19)20(24-14-9-16-5-10-22-11-6-16)21(27)25-15-17-7-12-23-13-8-17/h1-4,7-8,12-13,16,20,22,24,26H,5-6,9-11,14-15H2,(H,25,27). The summed E-state index contributed by atoms with van der Waals surface area (Å²) in [7, 11) is 0. The summed E-state index contributed by atoms with van der Waals surface area (Å²) in [6.45, 7) is 3.42. The van der Waals surface area contributed by atoms with Crippen LogP contribution in [0.5, 0.6) is 5.75 Å². The third-order valence-corrected chi connectivity index (χ3v) is 5.06. The molecule has 1 saturated heterocycles.